The molecule has 1 aliphatic rings. The van der Waals surface area contributed by atoms with Gasteiger partial charge in [-0.05, 0) is 46.8 Å². The molecule has 0 amide bonds. The summed E-state index contributed by atoms with van der Waals surface area (Å²) in [4.78, 5) is 4.27. The van der Waals surface area contributed by atoms with Gasteiger partial charge in [-0.25, -0.2) is 4.98 Å². The Morgan fingerprint density at radius 2 is 2.31 bits per heavy atom. The first-order valence-corrected chi connectivity index (χ1v) is 5.42. The summed E-state index contributed by atoms with van der Waals surface area (Å²) in [6.45, 7) is 2.28. The second-order valence-electron chi connectivity index (χ2n) is 3.75. The van der Waals surface area contributed by atoms with E-state index in [-0.39, 0.29) is 0 Å². The largest absolute Gasteiger partial charge is 0.366 e. The van der Waals surface area contributed by atoms with Crippen molar-refractivity contribution < 1.29 is 0 Å². The Balaban J connectivity index is 1.98. The maximum atomic E-state index is 4.27. The molecule has 1 fully saturated rings. The maximum Gasteiger partial charge on any atom is 0.140 e. The smallest absolute Gasteiger partial charge is 0.140 e. The SMILES string of the molecule is CC1CC(Nc2ncccc2Br)C1. The number of halogens is 1. The molecule has 2 nitrogen and oxygen atoms in total. The van der Waals surface area contributed by atoms with Crippen LogP contribution in [-0.4, -0.2) is 11.0 Å². The van der Waals surface area contributed by atoms with E-state index in [9.17, 15) is 0 Å². The van der Waals surface area contributed by atoms with E-state index in [1.807, 2.05) is 18.3 Å². The number of rotatable bonds is 2. The highest BCUT2D eigenvalue weighted by atomic mass is 79.9. The van der Waals surface area contributed by atoms with Gasteiger partial charge in [0.05, 0.1) is 4.47 Å². The number of hydrogen-bond donors (Lipinski definition) is 1. The average Bonchev–Trinajstić information content (AvgIpc) is 2.06. The van der Waals surface area contributed by atoms with Gasteiger partial charge >= 0.3 is 0 Å². The van der Waals surface area contributed by atoms with Crippen molar-refractivity contribution in [2.24, 2.45) is 5.92 Å². The number of pyridine rings is 1. The second-order valence-corrected chi connectivity index (χ2v) is 4.61. The highest BCUT2D eigenvalue weighted by molar-refractivity contribution is 9.10. The van der Waals surface area contributed by atoms with Crippen LogP contribution in [0, 0.1) is 5.92 Å². The molecule has 1 N–H and O–H groups in total. The molecule has 0 unspecified atom stereocenters. The van der Waals surface area contributed by atoms with Gasteiger partial charge in [-0.1, -0.05) is 6.92 Å². The molecule has 1 aromatic rings. The zero-order chi connectivity index (χ0) is 9.26. The van der Waals surface area contributed by atoms with E-state index in [0.717, 1.165) is 16.2 Å². The lowest BCUT2D eigenvalue weighted by molar-refractivity contribution is 0.308. The highest BCUT2D eigenvalue weighted by Crippen LogP contribution is 2.30. The lowest BCUT2D eigenvalue weighted by atomic mass is 9.82. The van der Waals surface area contributed by atoms with Crippen molar-refractivity contribution in [1.82, 2.24) is 4.98 Å². The molecule has 2 rings (SSSR count). The van der Waals surface area contributed by atoms with Gasteiger partial charge in [-0.2, -0.15) is 0 Å². The normalized spacial score (nSPS) is 26.6. The van der Waals surface area contributed by atoms with Crippen molar-refractivity contribution >= 4 is 21.7 Å². The molecule has 70 valence electrons. The van der Waals surface area contributed by atoms with Crippen molar-refractivity contribution in [3.05, 3.63) is 22.8 Å². The monoisotopic (exact) mass is 240 g/mol. The molecule has 0 atom stereocenters. The van der Waals surface area contributed by atoms with Crippen LogP contribution < -0.4 is 5.32 Å². The molecule has 3 heteroatoms. The van der Waals surface area contributed by atoms with Gasteiger partial charge < -0.3 is 5.32 Å². The topological polar surface area (TPSA) is 24.9 Å². The van der Waals surface area contributed by atoms with Crippen LogP contribution in [0.2, 0.25) is 0 Å². The van der Waals surface area contributed by atoms with Gasteiger partial charge in [-0.15, -0.1) is 0 Å². The van der Waals surface area contributed by atoms with E-state index in [4.69, 9.17) is 0 Å². The number of nitrogens with one attached hydrogen (secondary N) is 1. The van der Waals surface area contributed by atoms with E-state index in [1.165, 1.54) is 12.8 Å². The maximum absolute atomic E-state index is 4.27. The fourth-order valence-corrected chi connectivity index (χ4v) is 2.07. The van der Waals surface area contributed by atoms with Crippen LogP contribution in [0.5, 0.6) is 0 Å². The Bertz CT molecular complexity index is 295. The lowest BCUT2D eigenvalue weighted by Crippen LogP contribution is -2.34. The van der Waals surface area contributed by atoms with Crippen LogP contribution in [0.3, 0.4) is 0 Å². The summed E-state index contributed by atoms with van der Waals surface area (Å²) < 4.78 is 1.05. The van der Waals surface area contributed by atoms with Crippen molar-refractivity contribution in [3.63, 3.8) is 0 Å². The first-order valence-electron chi connectivity index (χ1n) is 4.63. The van der Waals surface area contributed by atoms with E-state index in [2.05, 4.69) is 33.2 Å². The average molecular weight is 241 g/mol. The zero-order valence-corrected chi connectivity index (χ0v) is 9.21. The first kappa shape index (κ1) is 9.00. The molecular formula is C10H13BrN2. The lowest BCUT2D eigenvalue weighted by Gasteiger charge is -2.33. The molecule has 1 heterocycles. The van der Waals surface area contributed by atoms with Gasteiger partial charge in [0.1, 0.15) is 5.82 Å². The zero-order valence-electron chi connectivity index (χ0n) is 7.63. The van der Waals surface area contributed by atoms with Crippen molar-refractivity contribution in [3.8, 4) is 0 Å². The third kappa shape index (κ3) is 2.02. The summed E-state index contributed by atoms with van der Waals surface area (Å²) in [6, 6.07) is 4.57. The summed E-state index contributed by atoms with van der Waals surface area (Å²) in [5.74, 6) is 1.85. The van der Waals surface area contributed by atoms with Gasteiger partial charge in [-0.3, -0.25) is 0 Å². The number of aromatic nitrogens is 1. The standard InChI is InChI=1S/C10H13BrN2/c1-7-5-8(6-7)13-10-9(11)3-2-4-12-10/h2-4,7-8H,5-6H2,1H3,(H,12,13). The highest BCUT2D eigenvalue weighted by Gasteiger charge is 2.25. The van der Waals surface area contributed by atoms with Crippen molar-refractivity contribution in [2.75, 3.05) is 5.32 Å². The molecule has 0 saturated heterocycles. The molecule has 0 aliphatic heterocycles. The molecule has 13 heavy (non-hydrogen) atoms. The molecule has 1 aliphatic carbocycles. The van der Waals surface area contributed by atoms with Gasteiger partial charge in [0.25, 0.3) is 0 Å². The molecule has 1 saturated carbocycles. The van der Waals surface area contributed by atoms with E-state index >= 15 is 0 Å². The van der Waals surface area contributed by atoms with Crippen LogP contribution in [0.1, 0.15) is 19.8 Å². The Hall–Kier alpha value is -0.570. The number of anilines is 1. The Kier molecular flexibility index (Phi) is 2.54. The van der Waals surface area contributed by atoms with E-state index in [0.29, 0.717) is 6.04 Å². The Morgan fingerprint density at radius 1 is 1.54 bits per heavy atom. The predicted octanol–water partition coefficient (Wildman–Crippen LogP) is 3.05. The van der Waals surface area contributed by atoms with Gasteiger partial charge in [0.15, 0.2) is 0 Å². The summed E-state index contributed by atoms with van der Waals surface area (Å²) in [5, 5.41) is 3.42. The third-order valence-electron chi connectivity index (χ3n) is 2.47. The molecular weight excluding hydrogens is 228 g/mol. The van der Waals surface area contributed by atoms with Gasteiger partial charge in [0.2, 0.25) is 0 Å². The van der Waals surface area contributed by atoms with Crippen LogP contribution in [0.4, 0.5) is 5.82 Å². The van der Waals surface area contributed by atoms with Crippen LogP contribution in [0.25, 0.3) is 0 Å². The number of nitrogens with zero attached hydrogens (tertiary/aromatic N) is 1. The molecule has 1 aromatic heterocycles. The van der Waals surface area contributed by atoms with Crippen LogP contribution >= 0.6 is 15.9 Å². The number of hydrogen-bond acceptors (Lipinski definition) is 2. The van der Waals surface area contributed by atoms with Gasteiger partial charge in [0, 0.05) is 12.2 Å². The van der Waals surface area contributed by atoms with E-state index in [1.54, 1.807) is 0 Å². The van der Waals surface area contributed by atoms with Crippen molar-refractivity contribution in [2.45, 2.75) is 25.8 Å². The first-order chi connectivity index (χ1) is 6.25. The second kappa shape index (κ2) is 3.66. The summed E-state index contributed by atoms with van der Waals surface area (Å²) in [6.07, 6.45) is 4.35. The molecule has 0 aromatic carbocycles. The minimum atomic E-state index is 0.626. The fourth-order valence-electron chi connectivity index (χ4n) is 1.71. The van der Waals surface area contributed by atoms with E-state index < -0.39 is 0 Å². The minimum Gasteiger partial charge on any atom is -0.366 e. The Labute approximate surface area is 86.9 Å². The fraction of sp³-hybridized carbons (Fsp3) is 0.500. The third-order valence-corrected chi connectivity index (χ3v) is 3.11. The molecule has 0 spiro atoms. The Morgan fingerprint density at radius 3 is 2.92 bits per heavy atom. The van der Waals surface area contributed by atoms with Crippen LogP contribution in [-0.2, 0) is 0 Å². The summed E-state index contributed by atoms with van der Waals surface area (Å²) >= 11 is 3.47. The minimum absolute atomic E-state index is 0.626. The summed E-state index contributed by atoms with van der Waals surface area (Å²) in [7, 11) is 0. The summed E-state index contributed by atoms with van der Waals surface area (Å²) in [5.41, 5.74) is 0. The quantitative estimate of drug-likeness (QED) is 0.860. The van der Waals surface area contributed by atoms with Crippen molar-refractivity contribution in [1.29, 1.82) is 0 Å². The predicted molar refractivity (Wildman–Crippen MR) is 57.7 cm³/mol. The van der Waals surface area contributed by atoms with Crippen LogP contribution in [0.15, 0.2) is 22.8 Å². The molecule has 0 radical (unpaired) electrons. The molecule has 0 bridgehead atoms.